The molecule has 0 N–H and O–H groups in total. The van der Waals surface area contributed by atoms with E-state index in [2.05, 4.69) is 11.2 Å². The third-order valence-electron chi connectivity index (χ3n) is 4.53. The summed E-state index contributed by atoms with van der Waals surface area (Å²) in [4.78, 5) is 14.8. The molecule has 0 unspecified atom stereocenters. The lowest BCUT2D eigenvalue weighted by atomic mass is 10.1. The molecule has 2 heterocycles. The molecule has 0 spiro atoms. The highest BCUT2D eigenvalue weighted by atomic mass is 16.5. The van der Waals surface area contributed by atoms with Gasteiger partial charge in [0.25, 0.3) is 5.91 Å². The number of amides is 1. The van der Waals surface area contributed by atoms with Crippen LogP contribution in [0.3, 0.4) is 0 Å². The van der Waals surface area contributed by atoms with Gasteiger partial charge in [-0.1, -0.05) is 35.5 Å². The summed E-state index contributed by atoms with van der Waals surface area (Å²) in [6.07, 6.45) is 0.846. The third kappa shape index (κ3) is 2.58. The van der Waals surface area contributed by atoms with E-state index in [1.807, 2.05) is 49.4 Å². The Morgan fingerprint density at radius 1 is 1.20 bits per heavy atom. The number of para-hydroxylation sites is 2. The zero-order chi connectivity index (χ0) is 17.4. The first kappa shape index (κ1) is 15.4. The van der Waals surface area contributed by atoms with E-state index in [0.29, 0.717) is 17.2 Å². The fourth-order valence-electron chi connectivity index (χ4n) is 3.35. The Morgan fingerprint density at radius 2 is 1.96 bits per heavy atom. The molecular formula is C20H18N2O3. The van der Waals surface area contributed by atoms with Crippen molar-refractivity contribution in [1.82, 2.24) is 5.16 Å². The summed E-state index contributed by atoms with van der Waals surface area (Å²) in [5.41, 5.74) is 3.19. The van der Waals surface area contributed by atoms with E-state index in [1.54, 1.807) is 18.1 Å². The molecule has 25 heavy (non-hydrogen) atoms. The topological polar surface area (TPSA) is 55.6 Å². The monoisotopic (exact) mass is 334 g/mol. The molecule has 0 saturated carbocycles. The minimum absolute atomic E-state index is 0.0938. The number of hydrogen-bond acceptors (Lipinski definition) is 4. The van der Waals surface area contributed by atoms with Gasteiger partial charge in [0.05, 0.1) is 12.7 Å². The van der Waals surface area contributed by atoms with Crippen LogP contribution in [0.15, 0.2) is 59.1 Å². The summed E-state index contributed by atoms with van der Waals surface area (Å²) >= 11 is 0. The van der Waals surface area contributed by atoms with Gasteiger partial charge in [0.15, 0.2) is 11.5 Å². The number of hydrogen-bond donors (Lipinski definition) is 0. The highest BCUT2D eigenvalue weighted by molar-refractivity contribution is 6.07. The summed E-state index contributed by atoms with van der Waals surface area (Å²) < 4.78 is 10.8. The second-order valence-corrected chi connectivity index (χ2v) is 6.13. The summed E-state index contributed by atoms with van der Waals surface area (Å²) in [6, 6.07) is 17.2. The zero-order valence-electron chi connectivity index (χ0n) is 14.1. The molecule has 1 aliphatic heterocycles. The van der Waals surface area contributed by atoms with Gasteiger partial charge in [-0.05, 0) is 37.1 Å². The minimum Gasteiger partial charge on any atom is -0.496 e. The predicted octanol–water partition coefficient (Wildman–Crippen LogP) is 3.94. The van der Waals surface area contributed by atoms with Gasteiger partial charge in [-0.2, -0.15) is 0 Å². The maximum Gasteiger partial charge on any atom is 0.280 e. The van der Waals surface area contributed by atoms with E-state index in [-0.39, 0.29) is 11.9 Å². The Hall–Kier alpha value is -3.08. The highest BCUT2D eigenvalue weighted by Crippen LogP contribution is 2.34. The van der Waals surface area contributed by atoms with Crippen LogP contribution in [0.4, 0.5) is 5.69 Å². The summed E-state index contributed by atoms with van der Waals surface area (Å²) in [5.74, 6) is 1.04. The Balaban J connectivity index is 1.68. The number of aromatic nitrogens is 1. The number of carbonyl (C=O) groups excluding carboxylic acids is 1. The Kier molecular flexibility index (Phi) is 3.76. The quantitative estimate of drug-likeness (QED) is 0.728. The van der Waals surface area contributed by atoms with E-state index in [0.717, 1.165) is 17.7 Å². The normalized spacial score (nSPS) is 15.9. The molecule has 3 aromatic rings. The van der Waals surface area contributed by atoms with Crippen LogP contribution in [0.5, 0.6) is 5.75 Å². The molecule has 1 aliphatic rings. The van der Waals surface area contributed by atoms with Crippen molar-refractivity contribution in [3.05, 3.63) is 65.9 Å². The van der Waals surface area contributed by atoms with Gasteiger partial charge in [0.1, 0.15) is 5.75 Å². The van der Waals surface area contributed by atoms with Crippen LogP contribution in [-0.4, -0.2) is 24.2 Å². The number of rotatable bonds is 3. The molecule has 5 heteroatoms. The summed E-state index contributed by atoms with van der Waals surface area (Å²) in [7, 11) is 1.60. The van der Waals surface area contributed by atoms with Crippen molar-refractivity contribution in [2.75, 3.05) is 12.0 Å². The van der Waals surface area contributed by atoms with E-state index in [4.69, 9.17) is 9.26 Å². The van der Waals surface area contributed by atoms with Gasteiger partial charge in [-0.25, -0.2) is 0 Å². The molecule has 1 aromatic heterocycles. The van der Waals surface area contributed by atoms with Gasteiger partial charge < -0.3 is 14.2 Å². The average molecular weight is 334 g/mol. The maximum absolute atomic E-state index is 13.0. The van der Waals surface area contributed by atoms with E-state index < -0.39 is 0 Å². The van der Waals surface area contributed by atoms with Crippen LogP contribution in [0.1, 0.15) is 23.0 Å². The molecule has 0 radical (unpaired) electrons. The minimum atomic E-state index is -0.151. The molecule has 1 atom stereocenters. The fourth-order valence-corrected chi connectivity index (χ4v) is 3.35. The molecule has 0 fully saturated rings. The van der Waals surface area contributed by atoms with Crippen molar-refractivity contribution in [3.8, 4) is 17.1 Å². The van der Waals surface area contributed by atoms with Gasteiger partial charge >= 0.3 is 0 Å². The summed E-state index contributed by atoms with van der Waals surface area (Å²) in [6.45, 7) is 2.04. The Labute approximate surface area is 145 Å². The van der Waals surface area contributed by atoms with Crippen LogP contribution in [0.25, 0.3) is 11.3 Å². The molecular weight excluding hydrogens is 316 g/mol. The molecule has 0 aliphatic carbocycles. The number of anilines is 1. The van der Waals surface area contributed by atoms with Crippen LogP contribution < -0.4 is 9.64 Å². The molecule has 1 amide bonds. The van der Waals surface area contributed by atoms with Crippen molar-refractivity contribution >= 4 is 11.6 Å². The third-order valence-corrected chi connectivity index (χ3v) is 4.53. The number of benzene rings is 2. The maximum atomic E-state index is 13.0. The van der Waals surface area contributed by atoms with Crippen LogP contribution in [-0.2, 0) is 6.42 Å². The Morgan fingerprint density at radius 3 is 2.80 bits per heavy atom. The first-order valence-corrected chi connectivity index (χ1v) is 8.20. The van der Waals surface area contributed by atoms with Crippen molar-refractivity contribution in [1.29, 1.82) is 0 Å². The second-order valence-electron chi connectivity index (χ2n) is 6.13. The van der Waals surface area contributed by atoms with E-state index in [1.165, 1.54) is 5.56 Å². The van der Waals surface area contributed by atoms with Gasteiger partial charge in [0.2, 0.25) is 0 Å². The van der Waals surface area contributed by atoms with Crippen molar-refractivity contribution in [3.63, 3.8) is 0 Å². The number of ether oxygens (including phenoxy) is 1. The van der Waals surface area contributed by atoms with Gasteiger partial charge in [-0.3, -0.25) is 4.79 Å². The van der Waals surface area contributed by atoms with Gasteiger partial charge in [-0.15, -0.1) is 0 Å². The molecule has 126 valence electrons. The lowest BCUT2D eigenvalue weighted by molar-refractivity contribution is 0.0973. The lowest BCUT2D eigenvalue weighted by Gasteiger charge is -2.21. The smallest absolute Gasteiger partial charge is 0.280 e. The van der Waals surface area contributed by atoms with Crippen molar-refractivity contribution in [2.45, 2.75) is 19.4 Å². The highest BCUT2D eigenvalue weighted by Gasteiger charge is 2.33. The SMILES string of the molecule is COc1ccccc1-c1cc(C(=O)N2c3ccccc3C[C@@H]2C)no1. The van der Waals surface area contributed by atoms with Crippen molar-refractivity contribution < 1.29 is 14.1 Å². The number of fused-ring (bicyclic) bond motifs is 1. The lowest BCUT2D eigenvalue weighted by Crippen LogP contribution is -2.35. The van der Waals surface area contributed by atoms with Crippen LogP contribution in [0, 0.1) is 0 Å². The largest absolute Gasteiger partial charge is 0.496 e. The number of carbonyl (C=O) groups is 1. The first-order chi connectivity index (χ1) is 12.2. The summed E-state index contributed by atoms with van der Waals surface area (Å²) in [5, 5.41) is 4.00. The molecule has 5 nitrogen and oxygen atoms in total. The van der Waals surface area contributed by atoms with Crippen LogP contribution in [0.2, 0.25) is 0 Å². The molecule has 4 rings (SSSR count). The van der Waals surface area contributed by atoms with Gasteiger partial charge in [0, 0.05) is 17.8 Å². The molecule has 0 saturated heterocycles. The van der Waals surface area contributed by atoms with E-state index in [9.17, 15) is 4.79 Å². The standard InChI is InChI=1S/C20H18N2O3/c1-13-11-14-7-3-5-9-17(14)22(13)20(23)16-12-19(25-21-16)15-8-4-6-10-18(15)24-2/h3-10,12-13H,11H2,1-2H3/t13-/m0/s1. The second kappa shape index (κ2) is 6.09. The molecule has 2 aromatic carbocycles. The van der Waals surface area contributed by atoms with E-state index >= 15 is 0 Å². The predicted molar refractivity (Wildman–Crippen MR) is 94.9 cm³/mol. The number of nitrogens with zero attached hydrogens (tertiary/aromatic N) is 2. The average Bonchev–Trinajstić information content (AvgIpc) is 3.25. The van der Waals surface area contributed by atoms with Crippen LogP contribution >= 0.6 is 0 Å². The first-order valence-electron chi connectivity index (χ1n) is 8.20. The number of methoxy groups -OCH3 is 1. The van der Waals surface area contributed by atoms with Crippen molar-refractivity contribution in [2.24, 2.45) is 0 Å². The fraction of sp³-hybridized carbons (Fsp3) is 0.200. The zero-order valence-corrected chi connectivity index (χ0v) is 14.1. The Bertz CT molecular complexity index is 932. The molecule has 0 bridgehead atoms.